The van der Waals surface area contributed by atoms with Gasteiger partial charge in [-0.3, -0.25) is 10.1 Å². The standard InChI is InChI=1S/C19H24N4O2/c1-14-5-6-17(12-18(14)23(24)25)15(2)21-13-16-7-8-20-19(11-16)22-9-3-4-10-22/h5-8,11-12,15,21H,3-4,9-10,13H2,1-2H3/t15-/m1/s1. The lowest BCUT2D eigenvalue weighted by molar-refractivity contribution is -0.385. The van der Waals surface area contributed by atoms with E-state index in [0.29, 0.717) is 12.1 Å². The van der Waals surface area contributed by atoms with Crippen molar-refractivity contribution in [1.82, 2.24) is 10.3 Å². The van der Waals surface area contributed by atoms with E-state index in [-0.39, 0.29) is 16.7 Å². The first-order valence-corrected chi connectivity index (χ1v) is 8.73. The topological polar surface area (TPSA) is 71.3 Å². The summed E-state index contributed by atoms with van der Waals surface area (Å²) in [6, 6.07) is 9.59. The van der Waals surface area contributed by atoms with E-state index >= 15 is 0 Å². The average molecular weight is 340 g/mol. The van der Waals surface area contributed by atoms with Crippen molar-refractivity contribution in [3.63, 3.8) is 0 Å². The van der Waals surface area contributed by atoms with E-state index in [4.69, 9.17) is 0 Å². The Kier molecular flexibility index (Phi) is 5.28. The van der Waals surface area contributed by atoms with E-state index in [1.807, 2.05) is 31.3 Å². The zero-order chi connectivity index (χ0) is 17.8. The van der Waals surface area contributed by atoms with Crippen LogP contribution in [-0.4, -0.2) is 23.0 Å². The van der Waals surface area contributed by atoms with Crippen molar-refractivity contribution in [3.05, 3.63) is 63.3 Å². The lowest BCUT2D eigenvalue weighted by atomic mass is 10.0. The normalized spacial score (nSPS) is 15.4. The van der Waals surface area contributed by atoms with Crippen LogP contribution in [0.4, 0.5) is 11.5 Å². The van der Waals surface area contributed by atoms with Crippen molar-refractivity contribution in [3.8, 4) is 0 Å². The SMILES string of the molecule is Cc1ccc([C@@H](C)NCc2ccnc(N3CCCC3)c2)cc1[N+](=O)[O-]. The summed E-state index contributed by atoms with van der Waals surface area (Å²) in [6.07, 6.45) is 4.31. The molecule has 6 nitrogen and oxygen atoms in total. The summed E-state index contributed by atoms with van der Waals surface area (Å²) in [7, 11) is 0. The molecule has 132 valence electrons. The van der Waals surface area contributed by atoms with Gasteiger partial charge in [0.1, 0.15) is 5.82 Å². The lowest BCUT2D eigenvalue weighted by Crippen LogP contribution is -2.21. The maximum atomic E-state index is 11.1. The summed E-state index contributed by atoms with van der Waals surface area (Å²) >= 11 is 0. The number of rotatable bonds is 6. The molecule has 0 aliphatic carbocycles. The van der Waals surface area contributed by atoms with Crippen LogP contribution in [0, 0.1) is 17.0 Å². The third-order valence-corrected chi connectivity index (χ3v) is 4.78. The molecular formula is C19H24N4O2. The minimum absolute atomic E-state index is 0.0303. The Hall–Kier alpha value is -2.47. The molecule has 1 N–H and O–H groups in total. The summed E-state index contributed by atoms with van der Waals surface area (Å²) < 4.78 is 0. The van der Waals surface area contributed by atoms with E-state index in [2.05, 4.69) is 21.3 Å². The highest BCUT2D eigenvalue weighted by molar-refractivity contribution is 5.44. The number of nitro benzene ring substituents is 1. The third kappa shape index (κ3) is 4.14. The summed E-state index contributed by atoms with van der Waals surface area (Å²) in [4.78, 5) is 17.6. The number of aryl methyl sites for hydroxylation is 1. The Bertz CT molecular complexity index is 757. The van der Waals surface area contributed by atoms with E-state index in [1.165, 1.54) is 18.4 Å². The van der Waals surface area contributed by atoms with Gasteiger partial charge in [-0.1, -0.05) is 12.1 Å². The van der Waals surface area contributed by atoms with Gasteiger partial charge in [0.25, 0.3) is 5.69 Å². The number of aromatic nitrogens is 1. The highest BCUT2D eigenvalue weighted by atomic mass is 16.6. The lowest BCUT2D eigenvalue weighted by Gasteiger charge is -2.18. The predicted molar refractivity (Wildman–Crippen MR) is 98.8 cm³/mol. The molecule has 0 bridgehead atoms. The van der Waals surface area contributed by atoms with Gasteiger partial charge in [0, 0.05) is 43.5 Å². The molecular weight excluding hydrogens is 316 g/mol. The fourth-order valence-corrected chi connectivity index (χ4v) is 3.17. The summed E-state index contributed by atoms with van der Waals surface area (Å²) in [6.45, 7) is 6.64. The number of nitrogens with one attached hydrogen (secondary N) is 1. The molecule has 2 aromatic rings. The highest BCUT2D eigenvalue weighted by Crippen LogP contribution is 2.24. The molecule has 3 rings (SSSR count). The van der Waals surface area contributed by atoms with Gasteiger partial charge in [-0.15, -0.1) is 0 Å². The number of pyridine rings is 1. The quantitative estimate of drug-likeness (QED) is 0.640. The van der Waals surface area contributed by atoms with Gasteiger partial charge in [-0.25, -0.2) is 4.98 Å². The average Bonchev–Trinajstić information content (AvgIpc) is 3.15. The highest BCUT2D eigenvalue weighted by Gasteiger charge is 2.15. The largest absolute Gasteiger partial charge is 0.357 e. The molecule has 1 atom stereocenters. The molecule has 1 aliphatic heterocycles. The van der Waals surface area contributed by atoms with Gasteiger partial charge in [0.15, 0.2) is 0 Å². The smallest absolute Gasteiger partial charge is 0.272 e. The molecule has 0 spiro atoms. The van der Waals surface area contributed by atoms with Gasteiger partial charge in [0.05, 0.1) is 4.92 Å². The van der Waals surface area contributed by atoms with Gasteiger partial charge in [-0.2, -0.15) is 0 Å². The Morgan fingerprint density at radius 3 is 2.76 bits per heavy atom. The zero-order valence-corrected chi connectivity index (χ0v) is 14.7. The fourth-order valence-electron chi connectivity index (χ4n) is 3.17. The Morgan fingerprint density at radius 2 is 2.04 bits per heavy atom. The van der Waals surface area contributed by atoms with E-state index in [1.54, 1.807) is 13.0 Å². The maximum absolute atomic E-state index is 11.1. The predicted octanol–water partition coefficient (Wildman–Crippen LogP) is 3.75. The number of benzene rings is 1. The van der Waals surface area contributed by atoms with Crippen molar-refractivity contribution in [2.45, 2.75) is 39.3 Å². The molecule has 1 aromatic carbocycles. The first-order valence-electron chi connectivity index (χ1n) is 8.73. The van der Waals surface area contributed by atoms with Crippen LogP contribution in [0.3, 0.4) is 0 Å². The van der Waals surface area contributed by atoms with Crippen LogP contribution in [0.15, 0.2) is 36.5 Å². The molecule has 25 heavy (non-hydrogen) atoms. The minimum atomic E-state index is -0.323. The van der Waals surface area contributed by atoms with Crippen LogP contribution < -0.4 is 10.2 Å². The van der Waals surface area contributed by atoms with Gasteiger partial charge in [-0.05, 0) is 49.9 Å². The molecule has 0 amide bonds. The van der Waals surface area contributed by atoms with E-state index < -0.39 is 0 Å². The van der Waals surface area contributed by atoms with Crippen LogP contribution in [0.2, 0.25) is 0 Å². The van der Waals surface area contributed by atoms with Crippen LogP contribution in [0.1, 0.15) is 42.5 Å². The summed E-state index contributed by atoms with van der Waals surface area (Å²) in [5.41, 5.74) is 2.95. The second-order valence-electron chi connectivity index (χ2n) is 6.62. The van der Waals surface area contributed by atoms with Crippen molar-refractivity contribution < 1.29 is 4.92 Å². The van der Waals surface area contributed by atoms with Gasteiger partial charge in [0.2, 0.25) is 0 Å². The minimum Gasteiger partial charge on any atom is -0.357 e. The molecule has 0 saturated carbocycles. The fraction of sp³-hybridized carbons (Fsp3) is 0.421. The monoisotopic (exact) mass is 340 g/mol. The summed E-state index contributed by atoms with van der Waals surface area (Å²) in [5, 5.41) is 14.6. The molecule has 2 heterocycles. The second-order valence-corrected chi connectivity index (χ2v) is 6.62. The van der Waals surface area contributed by atoms with Crippen LogP contribution >= 0.6 is 0 Å². The molecule has 1 aromatic heterocycles. The zero-order valence-electron chi connectivity index (χ0n) is 14.7. The van der Waals surface area contributed by atoms with Gasteiger partial charge < -0.3 is 10.2 Å². The van der Waals surface area contributed by atoms with Crippen LogP contribution in [0.5, 0.6) is 0 Å². The van der Waals surface area contributed by atoms with Crippen molar-refractivity contribution >= 4 is 11.5 Å². The van der Waals surface area contributed by atoms with Crippen molar-refractivity contribution in [2.75, 3.05) is 18.0 Å². The molecule has 1 fully saturated rings. The van der Waals surface area contributed by atoms with Crippen LogP contribution in [-0.2, 0) is 6.54 Å². The number of nitrogens with zero attached hydrogens (tertiary/aromatic N) is 3. The molecule has 6 heteroatoms. The number of anilines is 1. The summed E-state index contributed by atoms with van der Waals surface area (Å²) in [5.74, 6) is 1.04. The van der Waals surface area contributed by atoms with Gasteiger partial charge >= 0.3 is 0 Å². The number of hydrogen-bond acceptors (Lipinski definition) is 5. The second kappa shape index (κ2) is 7.61. The Balaban J connectivity index is 1.66. The maximum Gasteiger partial charge on any atom is 0.272 e. The van der Waals surface area contributed by atoms with Crippen molar-refractivity contribution in [1.29, 1.82) is 0 Å². The molecule has 1 aliphatic rings. The Morgan fingerprint density at radius 1 is 1.28 bits per heavy atom. The Labute approximate surface area is 148 Å². The molecule has 0 radical (unpaired) electrons. The van der Waals surface area contributed by atoms with Crippen molar-refractivity contribution in [2.24, 2.45) is 0 Å². The third-order valence-electron chi connectivity index (χ3n) is 4.78. The van der Waals surface area contributed by atoms with Crippen LogP contribution in [0.25, 0.3) is 0 Å². The number of hydrogen-bond donors (Lipinski definition) is 1. The first-order chi connectivity index (χ1) is 12.0. The van der Waals surface area contributed by atoms with E-state index in [9.17, 15) is 10.1 Å². The molecule has 0 unspecified atom stereocenters. The molecule has 1 saturated heterocycles. The number of nitro groups is 1. The van der Waals surface area contributed by atoms with E-state index in [0.717, 1.165) is 24.5 Å². The first kappa shape index (κ1) is 17.4.